The van der Waals surface area contributed by atoms with Crippen molar-refractivity contribution in [3.63, 3.8) is 0 Å². The van der Waals surface area contributed by atoms with Gasteiger partial charge in [-0.1, -0.05) is 44.2 Å². The Hall–Kier alpha value is -2.54. The second-order valence-electron chi connectivity index (χ2n) is 6.41. The molecule has 1 aliphatic heterocycles. The van der Waals surface area contributed by atoms with E-state index >= 15 is 0 Å². The van der Waals surface area contributed by atoms with E-state index in [2.05, 4.69) is 29.8 Å². The smallest absolute Gasteiger partial charge is 0.235 e. The van der Waals surface area contributed by atoms with Crippen molar-refractivity contribution < 1.29 is 4.42 Å². The molecule has 1 aromatic carbocycles. The van der Waals surface area contributed by atoms with E-state index in [-0.39, 0.29) is 0 Å². The van der Waals surface area contributed by atoms with Gasteiger partial charge in [0, 0.05) is 19.2 Å². The van der Waals surface area contributed by atoms with Crippen LogP contribution in [0.2, 0.25) is 0 Å². The molecule has 0 N–H and O–H groups in total. The van der Waals surface area contributed by atoms with Crippen LogP contribution < -0.4 is 4.90 Å². The monoisotopic (exact) mass is 307 g/mol. The molecule has 4 heteroatoms. The molecule has 2 atom stereocenters. The van der Waals surface area contributed by atoms with Gasteiger partial charge in [-0.05, 0) is 29.9 Å². The van der Waals surface area contributed by atoms with E-state index in [0.717, 1.165) is 18.7 Å². The van der Waals surface area contributed by atoms with Crippen molar-refractivity contribution in [2.45, 2.75) is 20.3 Å². The van der Waals surface area contributed by atoms with E-state index in [9.17, 15) is 5.26 Å². The molecule has 0 aliphatic carbocycles. The van der Waals surface area contributed by atoms with Crippen molar-refractivity contribution in [1.29, 1.82) is 5.26 Å². The molecule has 4 nitrogen and oxygen atoms in total. The highest BCUT2D eigenvalue weighted by atomic mass is 16.4. The number of piperidine rings is 1. The maximum absolute atomic E-state index is 9.36. The Morgan fingerprint density at radius 1 is 1.17 bits per heavy atom. The van der Waals surface area contributed by atoms with Gasteiger partial charge >= 0.3 is 0 Å². The molecule has 0 amide bonds. The van der Waals surface area contributed by atoms with E-state index in [0.29, 0.717) is 29.3 Å². The number of rotatable bonds is 3. The molecule has 1 fully saturated rings. The van der Waals surface area contributed by atoms with Gasteiger partial charge in [-0.2, -0.15) is 10.2 Å². The van der Waals surface area contributed by atoms with Crippen LogP contribution in [0.5, 0.6) is 0 Å². The van der Waals surface area contributed by atoms with Gasteiger partial charge < -0.3 is 9.32 Å². The lowest BCUT2D eigenvalue weighted by Crippen LogP contribution is -2.38. The van der Waals surface area contributed by atoms with Crippen molar-refractivity contribution in [1.82, 2.24) is 4.98 Å². The highest BCUT2D eigenvalue weighted by molar-refractivity contribution is 5.67. The first-order chi connectivity index (χ1) is 11.2. The third-order valence-electron chi connectivity index (χ3n) is 4.11. The molecule has 2 heterocycles. The first-order valence-corrected chi connectivity index (χ1v) is 8.04. The maximum atomic E-state index is 9.36. The molecule has 1 aromatic heterocycles. The summed E-state index contributed by atoms with van der Waals surface area (Å²) in [5, 5.41) is 9.36. The standard InChI is InChI=1S/C19H21N3O/c1-14-10-15(2)13-22(12-14)19-17(11-20)21-18(23-19)9-8-16-6-4-3-5-7-16/h3-9,14-15H,10,12-13H2,1-2H3/b9-8+. The summed E-state index contributed by atoms with van der Waals surface area (Å²) in [6, 6.07) is 12.1. The van der Waals surface area contributed by atoms with Crippen LogP contribution in [0.3, 0.4) is 0 Å². The first-order valence-electron chi connectivity index (χ1n) is 8.04. The summed E-state index contributed by atoms with van der Waals surface area (Å²) in [6.45, 7) is 6.30. The molecule has 118 valence electrons. The zero-order chi connectivity index (χ0) is 16.2. The van der Waals surface area contributed by atoms with Crippen LogP contribution >= 0.6 is 0 Å². The second-order valence-corrected chi connectivity index (χ2v) is 6.41. The lowest BCUT2D eigenvalue weighted by Gasteiger charge is -2.34. The third-order valence-corrected chi connectivity index (χ3v) is 4.11. The number of oxazole rings is 1. The highest BCUT2D eigenvalue weighted by Gasteiger charge is 2.27. The predicted octanol–water partition coefficient (Wildman–Crippen LogP) is 4.20. The van der Waals surface area contributed by atoms with Crippen LogP contribution in [0.25, 0.3) is 12.2 Å². The molecular weight excluding hydrogens is 286 g/mol. The van der Waals surface area contributed by atoms with Crippen LogP contribution in [-0.4, -0.2) is 18.1 Å². The Morgan fingerprint density at radius 2 is 1.87 bits per heavy atom. The van der Waals surface area contributed by atoms with Crippen LogP contribution in [0.15, 0.2) is 34.7 Å². The number of hydrogen-bond acceptors (Lipinski definition) is 4. The quantitative estimate of drug-likeness (QED) is 0.853. The van der Waals surface area contributed by atoms with E-state index in [1.165, 1.54) is 6.42 Å². The summed E-state index contributed by atoms with van der Waals surface area (Å²) in [7, 11) is 0. The van der Waals surface area contributed by atoms with Crippen LogP contribution in [-0.2, 0) is 0 Å². The lowest BCUT2D eigenvalue weighted by molar-refractivity contribution is 0.342. The van der Waals surface area contributed by atoms with Crippen molar-refractivity contribution in [2.24, 2.45) is 11.8 Å². The molecule has 0 spiro atoms. The maximum Gasteiger partial charge on any atom is 0.235 e. The van der Waals surface area contributed by atoms with Crippen molar-refractivity contribution in [3.8, 4) is 6.07 Å². The zero-order valence-electron chi connectivity index (χ0n) is 13.6. The minimum absolute atomic E-state index is 0.374. The van der Waals surface area contributed by atoms with Crippen LogP contribution in [0.1, 0.15) is 37.4 Å². The summed E-state index contributed by atoms with van der Waals surface area (Å²) in [4.78, 5) is 6.47. The Kier molecular flexibility index (Phi) is 4.47. The minimum Gasteiger partial charge on any atom is -0.420 e. The molecule has 0 saturated carbocycles. The fourth-order valence-electron chi connectivity index (χ4n) is 3.25. The number of aromatic nitrogens is 1. The van der Waals surface area contributed by atoms with Crippen molar-refractivity contribution in [2.75, 3.05) is 18.0 Å². The van der Waals surface area contributed by atoms with E-state index < -0.39 is 0 Å². The lowest BCUT2D eigenvalue weighted by atomic mass is 9.92. The van der Waals surface area contributed by atoms with E-state index in [1.807, 2.05) is 42.5 Å². The van der Waals surface area contributed by atoms with Gasteiger partial charge in [0.15, 0.2) is 0 Å². The van der Waals surface area contributed by atoms with Crippen molar-refractivity contribution >= 4 is 18.0 Å². The third kappa shape index (κ3) is 3.62. The summed E-state index contributed by atoms with van der Waals surface area (Å²) in [5.74, 6) is 2.28. The number of nitriles is 1. The van der Waals surface area contributed by atoms with Crippen molar-refractivity contribution in [3.05, 3.63) is 47.5 Å². The SMILES string of the molecule is CC1CC(C)CN(c2oc(/C=C/c3ccccc3)nc2C#N)C1. The van der Waals surface area contributed by atoms with Crippen LogP contribution in [0.4, 0.5) is 5.88 Å². The zero-order valence-corrected chi connectivity index (χ0v) is 13.6. The van der Waals surface area contributed by atoms with Gasteiger partial charge in [0.2, 0.25) is 17.5 Å². The summed E-state index contributed by atoms with van der Waals surface area (Å²) in [6.07, 6.45) is 4.97. The molecule has 2 unspecified atom stereocenters. The fraction of sp³-hybridized carbons (Fsp3) is 0.368. The normalized spacial score (nSPS) is 21.5. The fourth-order valence-corrected chi connectivity index (χ4v) is 3.25. The molecule has 1 aliphatic rings. The number of nitrogens with zero attached hydrogens (tertiary/aromatic N) is 3. The molecule has 0 bridgehead atoms. The average Bonchev–Trinajstić information content (AvgIpc) is 2.96. The van der Waals surface area contributed by atoms with Gasteiger partial charge in [0.05, 0.1) is 0 Å². The van der Waals surface area contributed by atoms with Crippen LogP contribution in [0, 0.1) is 23.2 Å². The molecule has 1 saturated heterocycles. The number of anilines is 1. The summed E-state index contributed by atoms with van der Waals surface area (Å²) >= 11 is 0. The molecule has 0 radical (unpaired) electrons. The average molecular weight is 307 g/mol. The second kappa shape index (κ2) is 6.70. The molecule has 23 heavy (non-hydrogen) atoms. The Morgan fingerprint density at radius 3 is 2.52 bits per heavy atom. The Balaban J connectivity index is 1.83. The largest absolute Gasteiger partial charge is 0.420 e. The summed E-state index contributed by atoms with van der Waals surface area (Å²) in [5.41, 5.74) is 1.45. The van der Waals surface area contributed by atoms with Gasteiger partial charge in [-0.3, -0.25) is 0 Å². The van der Waals surface area contributed by atoms with Gasteiger partial charge in [0.25, 0.3) is 0 Å². The molecule has 2 aromatic rings. The number of hydrogen-bond donors (Lipinski definition) is 0. The molecule has 3 rings (SSSR count). The van der Waals surface area contributed by atoms with E-state index in [1.54, 1.807) is 0 Å². The van der Waals surface area contributed by atoms with Gasteiger partial charge in [-0.15, -0.1) is 0 Å². The Labute approximate surface area is 137 Å². The highest BCUT2D eigenvalue weighted by Crippen LogP contribution is 2.29. The topological polar surface area (TPSA) is 53.1 Å². The minimum atomic E-state index is 0.374. The summed E-state index contributed by atoms with van der Waals surface area (Å²) < 4.78 is 5.87. The van der Waals surface area contributed by atoms with E-state index in [4.69, 9.17) is 4.42 Å². The first kappa shape index (κ1) is 15.4. The van der Waals surface area contributed by atoms with Gasteiger partial charge in [0.1, 0.15) is 6.07 Å². The van der Waals surface area contributed by atoms with Gasteiger partial charge in [-0.25, -0.2) is 0 Å². The number of benzene rings is 1. The predicted molar refractivity (Wildman–Crippen MR) is 91.7 cm³/mol. The Bertz CT molecular complexity index is 717. The molecular formula is C19H21N3O.